The maximum Gasteiger partial charge on any atom is 0.0319 e. The van der Waals surface area contributed by atoms with Crippen molar-refractivity contribution in [2.45, 2.75) is 100 Å². The van der Waals surface area contributed by atoms with E-state index < -0.39 is 0 Å². The van der Waals surface area contributed by atoms with Gasteiger partial charge in [0.1, 0.15) is 0 Å². The highest BCUT2D eigenvalue weighted by molar-refractivity contribution is 7.55. The van der Waals surface area contributed by atoms with Gasteiger partial charge in [0.2, 0.25) is 0 Å². The van der Waals surface area contributed by atoms with Gasteiger partial charge in [0, 0.05) is 11.2 Å². The van der Waals surface area contributed by atoms with Gasteiger partial charge < -0.3 is 5.32 Å². The van der Waals surface area contributed by atoms with Crippen molar-refractivity contribution in [2.24, 2.45) is 16.2 Å². The van der Waals surface area contributed by atoms with Gasteiger partial charge in [-0.15, -0.1) is 13.8 Å². The Balaban J connectivity index is 4.68. The maximum atomic E-state index is 4.36. The lowest BCUT2D eigenvalue weighted by molar-refractivity contribution is 0.195. The van der Waals surface area contributed by atoms with Crippen LogP contribution in [0, 0.1) is 16.2 Å². The molecule has 0 radical (unpaired) electrons. The first kappa shape index (κ1) is 24.8. The molecule has 0 heterocycles. The topological polar surface area (TPSA) is 12.0 Å². The predicted molar refractivity (Wildman–Crippen MR) is 123 cm³/mol. The first-order valence-corrected chi connectivity index (χ1v) is 12.2. The van der Waals surface area contributed by atoms with E-state index in [0.29, 0.717) is 10.8 Å². The zero-order valence-electron chi connectivity index (χ0n) is 19.2. The smallest absolute Gasteiger partial charge is 0.0319 e. The summed E-state index contributed by atoms with van der Waals surface area (Å²) in [6.45, 7) is 27.8. The molecule has 0 saturated heterocycles. The summed E-state index contributed by atoms with van der Waals surface area (Å²) in [5.41, 5.74) is 2.25. The maximum absolute atomic E-state index is 4.36. The van der Waals surface area contributed by atoms with E-state index in [0.717, 1.165) is 12.8 Å². The van der Waals surface area contributed by atoms with Crippen molar-refractivity contribution in [1.29, 1.82) is 0 Å². The molecule has 0 saturated carbocycles. The summed E-state index contributed by atoms with van der Waals surface area (Å²) in [5.74, 6) is 0. The van der Waals surface area contributed by atoms with E-state index in [1.807, 2.05) is 0 Å². The van der Waals surface area contributed by atoms with E-state index in [1.54, 1.807) is 0 Å². The molecule has 0 aliphatic carbocycles. The Hall–Kier alpha value is -0.160. The van der Waals surface area contributed by atoms with Gasteiger partial charge >= 0.3 is 0 Å². The van der Waals surface area contributed by atoms with E-state index >= 15 is 0 Å². The Morgan fingerprint density at radius 2 is 1.40 bits per heavy atom. The minimum absolute atomic E-state index is 0.0820. The van der Waals surface area contributed by atoms with Crippen molar-refractivity contribution >= 4 is 13.8 Å². The van der Waals surface area contributed by atoms with Crippen LogP contribution in [0.5, 0.6) is 0 Å². The molecule has 0 aromatic heterocycles. The highest BCUT2D eigenvalue weighted by Crippen LogP contribution is 2.39. The fourth-order valence-electron chi connectivity index (χ4n) is 4.62. The van der Waals surface area contributed by atoms with Gasteiger partial charge in [0.15, 0.2) is 0 Å². The Bertz CT molecular complexity index is 449. The summed E-state index contributed by atoms with van der Waals surface area (Å²) in [6, 6.07) is 0. The van der Waals surface area contributed by atoms with Crippen molar-refractivity contribution in [3.63, 3.8) is 0 Å². The third-order valence-corrected chi connectivity index (χ3v) is 6.75. The second-order valence-corrected chi connectivity index (χ2v) is 14.3. The molecular formula is C23H48NP. The van der Waals surface area contributed by atoms with Crippen LogP contribution in [0.2, 0.25) is 0 Å². The molecule has 0 rings (SSSR count). The van der Waals surface area contributed by atoms with Crippen LogP contribution in [0.25, 0.3) is 0 Å². The molecule has 150 valence electrons. The van der Waals surface area contributed by atoms with E-state index in [2.05, 4.69) is 87.4 Å². The van der Waals surface area contributed by atoms with Crippen LogP contribution in [0.3, 0.4) is 0 Å². The monoisotopic (exact) mass is 369 g/mol. The van der Waals surface area contributed by atoms with Gasteiger partial charge in [-0.05, 0) is 68.1 Å². The molecule has 0 aromatic rings. The third-order valence-electron chi connectivity index (χ3n) is 4.79. The van der Waals surface area contributed by atoms with E-state index in [9.17, 15) is 0 Å². The fourth-order valence-corrected chi connectivity index (χ4v) is 6.00. The number of hydrogen-bond acceptors (Lipinski definition) is 1. The van der Waals surface area contributed by atoms with Crippen LogP contribution < -0.4 is 5.32 Å². The van der Waals surface area contributed by atoms with Crippen LogP contribution in [0.1, 0.15) is 94.9 Å². The van der Waals surface area contributed by atoms with Crippen LogP contribution in [0.15, 0.2) is 12.3 Å². The van der Waals surface area contributed by atoms with E-state index in [4.69, 9.17) is 0 Å². The minimum atomic E-state index is -0.368. The molecule has 2 heteroatoms. The summed E-state index contributed by atoms with van der Waals surface area (Å²) in [5, 5.41) is 3.75. The average Bonchev–Trinajstić information content (AvgIpc) is 2.29. The molecular weight excluding hydrogens is 321 g/mol. The highest BCUT2D eigenvalue weighted by Gasteiger charge is 2.31. The van der Waals surface area contributed by atoms with Crippen LogP contribution in [-0.2, 0) is 0 Å². The Kier molecular flexibility index (Phi) is 9.10. The molecule has 1 N–H and O–H groups in total. The normalized spacial score (nSPS) is 15.1. The Labute approximate surface area is 160 Å². The summed E-state index contributed by atoms with van der Waals surface area (Å²) in [7, 11) is -0.368. The Morgan fingerprint density at radius 3 is 1.84 bits per heavy atom. The summed E-state index contributed by atoms with van der Waals surface area (Å²) in [4.78, 5) is 0. The molecule has 0 aliphatic heterocycles. The van der Waals surface area contributed by atoms with Gasteiger partial charge in [0.25, 0.3) is 0 Å². The first-order chi connectivity index (χ1) is 11.0. The average molecular weight is 370 g/mol. The predicted octanol–water partition coefficient (Wildman–Crippen LogP) is 7.19. The summed E-state index contributed by atoms with van der Waals surface area (Å²) < 4.78 is 0. The van der Waals surface area contributed by atoms with Crippen molar-refractivity contribution in [3.05, 3.63) is 12.3 Å². The molecule has 0 spiro atoms. The fraction of sp³-hybridized carbons (Fsp3) is 0.870. The van der Waals surface area contributed by atoms with Crippen molar-refractivity contribution in [3.8, 4) is 0 Å². The lowest BCUT2D eigenvalue weighted by Gasteiger charge is -2.39. The van der Waals surface area contributed by atoms with Crippen molar-refractivity contribution in [1.82, 2.24) is 5.32 Å². The second kappa shape index (κ2) is 9.16. The Morgan fingerprint density at radius 1 is 0.880 bits per heavy atom. The number of rotatable bonds is 11. The largest absolute Gasteiger partial charge is 0.384 e. The molecule has 0 amide bonds. The molecule has 0 aromatic carbocycles. The van der Waals surface area contributed by atoms with E-state index in [1.165, 1.54) is 30.9 Å². The third kappa shape index (κ3) is 12.8. The highest BCUT2D eigenvalue weighted by atomic mass is 31.1. The van der Waals surface area contributed by atoms with Gasteiger partial charge in [0.05, 0.1) is 0 Å². The number of allylic oxidation sites excluding steroid dienone is 1. The molecule has 1 atom stereocenters. The standard InChI is InChI=1S/C23H48NP/c1-13-25(12)15-14-21(6,7)18-23(10,11)24-19(2)16-22(8,9)17-20(3,4)5/h24-25H,2,12-18H2,1,3-11H3. The van der Waals surface area contributed by atoms with Crippen molar-refractivity contribution in [2.75, 3.05) is 12.3 Å². The lowest BCUT2D eigenvalue weighted by atomic mass is 9.73. The summed E-state index contributed by atoms with van der Waals surface area (Å²) in [6.07, 6.45) is 11.6. The zero-order valence-corrected chi connectivity index (χ0v) is 20.2. The zero-order chi connectivity index (χ0) is 20.1. The number of hydrogen-bond donors (Lipinski definition) is 1. The van der Waals surface area contributed by atoms with Crippen molar-refractivity contribution < 1.29 is 0 Å². The van der Waals surface area contributed by atoms with Crippen LogP contribution in [-0.4, -0.2) is 24.2 Å². The van der Waals surface area contributed by atoms with E-state index in [-0.39, 0.29) is 18.5 Å². The second-order valence-electron chi connectivity index (χ2n) is 11.6. The quantitative estimate of drug-likeness (QED) is 0.380. The van der Waals surface area contributed by atoms with Crippen LogP contribution in [0.4, 0.5) is 0 Å². The molecule has 1 nitrogen and oxygen atoms in total. The SMILES string of the molecule is C=C(CC(C)(C)CC(C)(C)C)NC(C)(C)CC(C)(C)CC[PH](=C)CC. The minimum Gasteiger partial charge on any atom is -0.384 e. The lowest BCUT2D eigenvalue weighted by Crippen LogP contribution is -2.43. The molecule has 0 fully saturated rings. The molecule has 0 bridgehead atoms. The summed E-state index contributed by atoms with van der Waals surface area (Å²) >= 11 is 0. The number of nitrogens with one attached hydrogen (secondary N) is 1. The van der Waals surface area contributed by atoms with Crippen LogP contribution >= 0.6 is 7.55 Å². The molecule has 0 aliphatic rings. The first-order valence-electron chi connectivity index (χ1n) is 10.1. The van der Waals surface area contributed by atoms with Gasteiger partial charge in [-0.1, -0.05) is 62.0 Å². The van der Waals surface area contributed by atoms with Gasteiger partial charge in [-0.3, -0.25) is 0 Å². The molecule has 25 heavy (non-hydrogen) atoms. The molecule has 1 unspecified atom stereocenters. The van der Waals surface area contributed by atoms with Gasteiger partial charge in [-0.25, -0.2) is 0 Å². The van der Waals surface area contributed by atoms with Gasteiger partial charge in [-0.2, -0.15) is 0 Å².